The van der Waals surface area contributed by atoms with Gasteiger partial charge in [-0.15, -0.1) is 0 Å². The van der Waals surface area contributed by atoms with Crippen LogP contribution < -0.4 is 11.1 Å². The third-order valence-corrected chi connectivity index (χ3v) is 2.24. The minimum absolute atomic E-state index is 0.163. The number of benzene rings is 1. The Balaban J connectivity index is 2.38. The monoisotopic (exact) mass is 210 g/mol. The molecule has 0 aliphatic heterocycles. The first-order valence-corrected chi connectivity index (χ1v) is 5.05. The average Bonchev–Trinajstić information content (AvgIpc) is 2.26. The molecule has 1 amide bonds. The quantitative estimate of drug-likeness (QED) is 0.636. The Kier molecular flexibility index (Phi) is 4.49. The van der Waals surface area contributed by atoms with Crippen LogP contribution in [0.1, 0.15) is 5.56 Å². The standard InChI is InChI=1S/C10H14N2OS/c11-9(7-14)10(13)12-6-8-4-2-1-3-5-8/h1-5,9,14H,6-7,11H2,(H,12,13). The molecule has 0 aliphatic carbocycles. The van der Waals surface area contributed by atoms with Gasteiger partial charge in [-0.1, -0.05) is 30.3 Å². The van der Waals surface area contributed by atoms with E-state index in [1.54, 1.807) is 0 Å². The minimum atomic E-state index is -0.526. The highest BCUT2D eigenvalue weighted by molar-refractivity contribution is 7.80. The highest BCUT2D eigenvalue weighted by atomic mass is 32.1. The van der Waals surface area contributed by atoms with Gasteiger partial charge in [0.1, 0.15) is 0 Å². The molecule has 0 fully saturated rings. The second kappa shape index (κ2) is 5.67. The summed E-state index contributed by atoms with van der Waals surface area (Å²) in [5.74, 6) is 0.199. The van der Waals surface area contributed by atoms with Crippen molar-refractivity contribution in [2.24, 2.45) is 5.73 Å². The fraction of sp³-hybridized carbons (Fsp3) is 0.300. The molecule has 0 heterocycles. The first-order valence-electron chi connectivity index (χ1n) is 4.42. The maximum atomic E-state index is 11.3. The van der Waals surface area contributed by atoms with Crippen LogP contribution in [0, 0.1) is 0 Å². The maximum absolute atomic E-state index is 11.3. The smallest absolute Gasteiger partial charge is 0.238 e. The molecule has 0 spiro atoms. The van der Waals surface area contributed by atoms with Crippen molar-refractivity contribution in [2.45, 2.75) is 12.6 Å². The lowest BCUT2D eigenvalue weighted by Crippen LogP contribution is -2.41. The number of thiol groups is 1. The molecule has 1 aromatic rings. The van der Waals surface area contributed by atoms with Crippen LogP contribution in [-0.4, -0.2) is 17.7 Å². The van der Waals surface area contributed by atoms with Gasteiger partial charge in [0.25, 0.3) is 0 Å². The molecule has 4 heteroatoms. The van der Waals surface area contributed by atoms with Gasteiger partial charge < -0.3 is 11.1 Å². The minimum Gasteiger partial charge on any atom is -0.351 e. The SMILES string of the molecule is NC(CS)C(=O)NCc1ccccc1. The summed E-state index contributed by atoms with van der Waals surface area (Å²) >= 11 is 3.95. The molecule has 3 N–H and O–H groups in total. The van der Waals surface area contributed by atoms with Crippen molar-refractivity contribution in [1.29, 1.82) is 0 Å². The van der Waals surface area contributed by atoms with E-state index in [2.05, 4.69) is 17.9 Å². The van der Waals surface area contributed by atoms with E-state index in [1.807, 2.05) is 30.3 Å². The second-order valence-corrected chi connectivity index (χ2v) is 3.36. The zero-order chi connectivity index (χ0) is 10.4. The van der Waals surface area contributed by atoms with Crippen molar-refractivity contribution in [3.8, 4) is 0 Å². The summed E-state index contributed by atoms with van der Waals surface area (Å²) in [6.45, 7) is 0.515. The lowest BCUT2D eigenvalue weighted by Gasteiger charge is -2.09. The van der Waals surface area contributed by atoms with E-state index in [0.717, 1.165) is 5.56 Å². The van der Waals surface area contributed by atoms with Crippen LogP contribution in [-0.2, 0) is 11.3 Å². The molecule has 0 bridgehead atoms. The van der Waals surface area contributed by atoms with Crippen molar-refractivity contribution >= 4 is 18.5 Å². The largest absolute Gasteiger partial charge is 0.351 e. The number of hydrogen-bond donors (Lipinski definition) is 3. The third kappa shape index (κ3) is 3.40. The van der Waals surface area contributed by atoms with Gasteiger partial charge in [-0.3, -0.25) is 4.79 Å². The number of nitrogens with one attached hydrogen (secondary N) is 1. The van der Waals surface area contributed by atoms with Gasteiger partial charge in [0.15, 0.2) is 0 Å². The molecule has 0 saturated carbocycles. The Morgan fingerprint density at radius 2 is 2.07 bits per heavy atom. The predicted molar refractivity (Wildman–Crippen MR) is 60.1 cm³/mol. The van der Waals surface area contributed by atoms with Crippen LogP contribution in [0.15, 0.2) is 30.3 Å². The molecular weight excluding hydrogens is 196 g/mol. The summed E-state index contributed by atoms with van der Waals surface area (Å²) in [4.78, 5) is 11.3. The Bertz CT molecular complexity index is 289. The second-order valence-electron chi connectivity index (χ2n) is 2.99. The Morgan fingerprint density at radius 1 is 1.43 bits per heavy atom. The van der Waals surface area contributed by atoms with Gasteiger partial charge >= 0.3 is 0 Å². The van der Waals surface area contributed by atoms with E-state index in [9.17, 15) is 4.79 Å². The van der Waals surface area contributed by atoms with Gasteiger partial charge in [-0.25, -0.2) is 0 Å². The molecule has 0 saturated heterocycles. The first kappa shape index (κ1) is 11.1. The number of nitrogens with two attached hydrogens (primary N) is 1. The number of rotatable bonds is 4. The molecule has 14 heavy (non-hydrogen) atoms. The molecule has 0 radical (unpaired) electrons. The molecule has 1 unspecified atom stereocenters. The van der Waals surface area contributed by atoms with Crippen LogP contribution >= 0.6 is 12.6 Å². The van der Waals surface area contributed by atoms with Gasteiger partial charge in [0, 0.05) is 12.3 Å². The summed E-state index contributed by atoms with van der Waals surface area (Å²) in [6.07, 6.45) is 0. The van der Waals surface area contributed by atoms with Crippen LogP contribution in [0.3, 0.4) is 0 Å². The van der Waals surface area contributed by atoms with Gasteiger partial charge in [-0.05, 0) is 5.56 Å². The summed E-state index contributed by atoms with van der Waals surface area (Å²) in [5, 5.41) is 2.74. The topological polar surface area (TPSA) is 55.1 Å². The van der Waals surface area contributed by atoms with E-state index in [1.165, 1.54) is 0 Å². The molecule has 0 aliphatic rings. The van der Waals surface area contributed by atoms with Crippen LogP contribution in [0.4, 0.5) is 0 Å². The van der Waals surface area contributed by atoms with E-state index in [-0.39, 0.29) is 5.91 Å². The van der Waals surface area contributed by atoms with Crippen molar-refractivity contribution < 1.29 is 4.79 Å². The molecular formula is C10H14N2OS. The Hall–Kier alpha value is -1.00. The van der Waals surface area contributed by atoms with Crippen molar-refractivity contribution in [3.63, 3.8) is 0 Å². The van der Waals surface area contributed by atoms with Crippen LogP contribution in [0.5, 0.6) is 0 Å². The lowest BCUT2D eigenvalue weighted by molar-refractivity contribution is -0.122. The fourth-order valence-electron chi connectivity index (χ4n) is 0.999. The van der Waals surface area contributed by atoms with E-state index in [4.69, 9.17) is 5.73 Å². The summed E-state index contributed by atoms with van der Waals surface area (Å²) in [5.41, 5.74) is 6.55. The highest BCUT2D eigenvalue weighted by Crippen LogP contribution is 1.97. The van der Waals surface area contributed by atoms with E-state index < -0.39 is 6.04 Å². The molecule has 1 rings (SSSR count). The number of hydrogen-bond acceptors (Lipinski definition) is 3. The summed E-state index contributed by atoms with van der Waals surface area (Å²) in [7, 11) is 0. The average molecular weight is 210 g/mol. The van der Waals surface area contributed by atoms with E-state index in [0.29, 0.717) is 12.3 Å². The Morgan fingerprint density at radius 3 is 2.64 bits per heavy atom. The highest BCUT2D eigenvalue weighted by Gasteiger charge is 2.09. The molecule has 3 nitrogen and oxygen atoms in total. The normalized spacial score (nSPS) is 12.1. The zero-order valence-electron chi connectivity index (χ0n) is 7.81. The molecule has 1 aromatic carbocycles. The van der Waals surface area contributed by atoms with E-state index >= 15 is 0 Å². The van der Waals surface area contributed by atoms with Crippen LogP contribution in [0.25, 0.3) is 0 Å². The van der Waals surface area contributed by atoms with Crippen molar-refractivity contribution in [2.75, 3.05) is 5.75 Å². The first-order chi connectivity index (χ1) is 6.74. The summed E-state index contributed by atoms with van der Waals surface area (Å²) in [6, 6.07) is 9.17. The zero-order valence-corrected chi connectivity index (χ0v) is 8.71. The predicted octanol–water partition coefficient (Wildman–Crippen LogP) is 0.560. The van der Waals surface area contributed by atoms with Gasteiger partial charge in [-0.2, -0.15) is 12.6 Å². The van der Waals surface area contributed by atoms with Gasteiger partial charge in [0.05, 0.1) is 6.04 Å². The fourth-order valence-corrected chi connectivity index (χ4v) is 1.16. The summed E-state index contributed by atoms with van der Waals surface area (Å²) < 4.78 is 0. The maximum Gasteiger partial charge on any atom is 0.238 e. The van der Waals surface area contributed by atoms with Crippen molar-refractivity contribution in [3.05, 3.63) is 35.9 Å². The molecule has 0 aromatic heterocycles. The third-order valence-electron chi connectivity index (χ3n) is 1.84. The number of carbonyl (C=O) groups is 1. The molecule has 76 valence electrons. The molecule has 1 atom stereocenters. The number of carbonyl (C=O) groups excluding carboxylic acids is 1. The van der Waals surface area contributed by atoms with Crippen molar-refractivity contribution in [1.82, 2.24) is 5.32 Å². The number of amides is 1. The Labute approximate surface area is 89.1 Å². The van der Waals surface area contributed by atoms with Gasteiger partial charge in [0.2, 0.25) is 5.91 Å². The lowest BCUT2D eigenvalue weighted by atomic mass is 10.2. The van der Waals surface area contributed by atoms with Crippen LogP contribution in [0.2, 0.25) is 0 Å².